The number of primary amides is 1. The van der Waals surface area contributed by atoms with Gasteiger partial charge in [-0.05, 0) is 37.3 Å². The monoisotopic (exact) mass is 558 g/mol. The lowest BCUT2D eigenvalue weighted by molar-refractivity contribution is 0.100. The smallest absolute Gasteiger partial charge is 0.280 e. The lowest BCUT2D eigenvalue weighted by Crippen LogP contribution is -2.17. The number of fused-ring (bicyclic) bond motifs is 2. The number of pyridine rings is 2. The number of para-hydroxylation sites is 1. The first-order valence-corrected chi connectivity index (χ1v) is 12.8. The Balaban J connectivity index is 1.55. The van der Waals surface area contributed by atoms with Gasteiger partial charge in [-0.25, -0.2) is 18.7 Å². The maximum Gasteiger partial charge on any atom is 0.280 e. The molecule has 1 aromatic carbocycles. The second kappa shape index (κ2) is 9.65. The molecule has 200 valence electrons. The van der Waals surface area contributed by atoms with Gasteiger partial charge in [0.2, 0.25) is 0 Å². The fourth-order valence-corrected chi connectivity index (χ4v) is 5.59. The van der Waals surface area contributed by atoms with Gasteiger partial charge in [-0.3, -0.25) is 14.3 Å². The molecule has 0 radical (unpaired) electrons. The number of thiophene rings is 1. The number of nitrogens with one attached hydrogen (secondary N) is 1. The molecule has 9 nitrogen and oxygen atoms in total. The average molecular weight is 559 g/mol. The van der Waals surface area contributed by atoms with E-state index in [9.17, 15) is 18.4 Å². The molecular weight excluding hydrogens is 538 g/mol. The summed E-state index contributed by atoms with van der Waals surface area (Å²) in [5.74, 6) is -1.12. The zero-order chi connectivity index (χ0) is 28.1. The molecule has 3 N–H and O–H groups in total. The first-order valence-electron chi connectivity index (χ1n) is 12.0. The Morgan fingerprint density at radius 2 is 1.90 bits per heavy atom. The van der Waals surface area contributed by atoms with Gasteiger partial charge in [-0.15, -0.1) is 11.3 Å². The lowest BCUT2D eigenvalue weighted by Gasteiger charge is -2.12. The van der Waals surface area contributed by atoms with Crippen LogP contribution in [0.1, 0.15) is 37.8 Å². The van der Waals surface area contributed by atoms with E-state index in [1.54, 1.807) is 47.3 Å². The summed E-state index contributed by atoms with van der Waals surface area (Å²) in [7, 11) is 1.81. The maximum atomic E-state index is 13.9. The maximum absolute atomic E-state index is 13.9. The third-order valence-electron chi connectivity index (χ3n) is 6.63. The first-order chi connectivity index (χ1) is 19.2. The summed E-state index contributed by atoms with van der Waals surface area (Å²) in [6.45, 7) is 1.90. The molecule has 0 atom stereocenters. The SMILES string of the molecule is Cc1c(-c2cc(C(=O)Nc3c(C(N)=O)sc4nc(C(F)F)cc(-c5ccco5)c34)c3ccccc3n2)cnn1C. The Morgan fingerprint density at radius 3 is 2.58 bits per heavy atom. The van der Waals surface area contributed by atoms with E-state index < -0.39 is 23.9 Å². The van der Waals surface area contributed by atoms with E-state index in [0.717, 1.165) is 22.6 Å². The number of hydrogen-bond donors (Lipinski definition) is 2. The fraction of sp³-hybridized carbons (Fsp3) is 0.107. The molecule has 5 heterocycles. The predicted octanol–water partition coefficient (Wildman–Crippen LogP) is 6.10. The number of alkyl halides is 2. The molecule has 6 rings (SSSR count). The summed E-state index contributed by atoms with van der Waals surface area (Å²) in [6.07, 6.45) is 0.204. The van der Waals surface area contributed by atoms with Crippen molar-refractivity contribution in [1.82, 2.24) is 19.7 Å². The number of halogens is 2. The Labute approximate surface area is 229 Å². The number of carbonyl (C=O) groups is 2. The van der Waals surface area contributed by atoms with Crippen molar-refractivity contribution in [2.75, 3.05) is 5.32 Å². The highest BCUT2D eigenvalue weighted by Crippen LogP contribution is 2.43. The van der Waals surface area contributed by atoms with Gasteiger partial charge in [-0.1, -0.05) is 18.2 Å². The van der Waals surface area contributed by atoms with Crippen LogP contribution in [0.15, 0.2) is 65.4 Å². The van der Waals surface area contributed by atoms with Crippen LogP contribution in [0.5, 0.6) is 0 Å². The zero-order valence-electron chi connectivity index (χ0n) is 21.1. The Hall–Kier alpha value is -4.97. The summed E-state index contributed by atoms with van der Waals surface area (Å²) < 4.78 is 34.6. The van der Waals surface area contributed by atoms with E-state index in [1.165, 1.54) is 12.3 Å². The van der Waals surface area contributed by atoms with Gasteiger partial charge in [-0.2, -0.15) is 5.10 Å². The summed E-state index contributed by atoms with van der Waals surface area (Å²) in [5.41, 5.74) is 8.51. The minimum atomic E-state index is -2.87. The number of amides is 2. The van der Waals surface area contributed by atoms with Crippen LogP contribution >= 0.6 is 11.3 Å². The number of nitrogens with two attached hydrogens (primary N) is 1. The summed E-state index contributed by atoms with van der Waals surface area (Å²) in [4.78, 5) is 35.3. The van der Waals surface area contributed by atoms with Crippen LogP contribution in [0, 0.1) is 6.92 Å². The van der Waals surface area contributed by atoms with Crippen LogP contribution in [0.2, 0.25) is 0 Å². The third-order valence-corrected chi connectivity index (χ3v) is 7.72. The molecule has 0 saturated carbocycles. The normalized spacial score (nSPS) is 11.5. The minimum absolute atomic E-state index is 0.0308. The van der Waals surface area contributed by atoms with Crippen LogP contribution < -0.4 is 11.1 Å². The van der Waals surface area contributed by atoms with E-state index in [1.807, 2.05) is 20.0 Å². The number of furan rings is 1. The Bertz CT molecular complexity index is 1950. The summed E-state index contributed by atoms with van der Waals surface area (Å²) in [5, 5.41) is 7.96. The first kappa shape index (κ1) is 25.3. The van der Waals surface area contributed by atoms with E-state index in [-0.39, 0.29) is 37.7 Å². The van der Waals surface area contributed by atoms with Gasteiger partial charge in [0.15, 0.2) is 0 Å². The highest BCUT2D eigenvalue weighted by Gasteiger charge is 2.27. The molecule has 0 aliphatic carbocycles. The number of rotatable bonds is 6. The molecule has 2 amide bonds. The topological polar surface area (TPSA) is 129 Å². The molecule has 0 spiro atoms. The molecule has 0 unspecified atom stereocenters. The number of benzene rings is 1. The van der Waals surface area contributed by atoms with Gasteiger partial charge >= 0.3 is 0 Å². The molecule has 12 heteroatoms. The van der Waals surface area contributed by atoms with Crippen LogP contribution in [0.3, 0.4) is 0 Å². The van der Waals surface area contributed by atoms with Gasteiger partial charge < -0.3 is 15.5 Å². The molecular formula is C28H20F2N6O3S. The second-order valence-electron chi connectivity index (χ2n) is 9.02. The van der Waals surface area contributed by atoms with Crippen molar-refractivity contribution in [2.45, 2.75) is 13.3 Å². The van der Waals surface area contributed by atoms with E-state index >= 15 is 0 Å². The van der Waals surface area contributed by atoms with Gasteiger partial charge in [0.05, 0.1) is 34.9 Å². The lowest BCUT2D eigenvalue weighted by atomic mass is 10.0. The number of nitrogens with zero attached hydrogens (tertiary/aromatic N) is 4. The van der Waals surface area contributed by atoms with Gasteiger partial charge in [0, 0.05) is 34.6 Å². The van der Waals surface area contributed by atoms with Crippen LogP contribution in [-0.4, -0.2) is 31.6 Å². The Kier molecular flexibility index (Phi) is 6.11. The van der Waals surface area contributed by atoms with Gasteiger partial charge in [0.1, 0.15) is 21.2 Å². The molecule has 0 aliphatic rings. The van der Waals surface area contributed by atoms with E-state index in [2.05, 4.69) is 15.4 Å². The third kappa shape index (κ3) is 4.18. The number of carbonyl (C=O) groups excluding carboxylic acids is 2. The van der Waals surface area contributed by atoms with E-state index in [4.69, 9.17) is 15.1 Å². The molecule has 0 saturated heterocycles. The summed E-state index contributed by atoms with van der Waals surface area (Å²) in [6, 6.07) is 13.2. The van der Waals surface area contributed by atoms with Crippen molar-refractivity contribution in [2.24, 2.45) is 12.8 Å². The van der Waals surface area contributed by atoms with Crippen molar-refractivity contribution in [3.8, 4) is 22.6 Å². The number of anilines is 1. The van der Waals surface area contributed by atoms with E-state index in [0.29, 0.717) is 16.6 Å². The number of hydrogen-bond acceptors (Lipinski definition) is 7. The average Bonchev–Trinajstić information content (AvgIpc) is 3.68. The largest absolute Gasteiger partial charge is 0.464 e. The minimum Gasteiger partial charge on any atom is -0.464 e. The van der Waals surface area contributed by atoms with Crippen molar-refractivity contribution in [3.63, 3.8) is 0 Å². The van der Waals surface area contributed by atoms with Crippen molar-refractivity contribution in [3.05, 3.63) is 82.8 Å². The van der Waals surface area contributed by atoms with Crippen molar-refractivity contribution in [1.29, 1.82) is 0 Å². The molecule has 0 aliphatic heterocycles. The molecule has 0 bridgehead atoms. The highest BCUT2D eigenvalue weighted by atomic mass is 32.1. The van der Waals surface area contributed by atoms with Crippen molar-refractivity contribution >= 4 is 50.0 Å². The summed E-state index contributed by atoms with van der Waals surface area (Å²) >= 11 is 0.822. The van der Waals surface area contributed by atoms with Crippen LogP contribution in [0.25, 0.3) is 43.7 Å². The second-order valence-corrected chi connectivity index (χ2v) is 10.0. The molecule has 40 heavy (non-hydrogen) atoms. The predicted molar refractivity (Wildman–Crippen MR) is 147 cm³/mol. The number of aromatic nitrogens is 4. The quantitative estimate of drug-likeness (QED) is 0.254. The standard InChI is InChI=1S/C28H20F2N6O3S/c1-13-17(12-32-36(13)2)19-10-15(14-6-3-4-7-18(14)33-19)27(38)35-23-22-16(21-8-5-9-39-21)11-20(25(29)30)34-28(22)40-24(23)26(31)37/h3-12,25H,1-2H3,(H2,31,37)(H,35,38). The van der Waals surface area contributed by atoms with Crippen molar-refractivity contribution < 1.29 is 22.8 Å². The van der Waals surface area contributed by atoms with Gasteiger partial charge in [0.25, 0.3) is 18.2 Å². The molecule has 6 aromatic rings. The Morgan fingerprint density at radius 1 is 1.10 bits per heavy atom. The van der Waals surface area contributed by atoms with Crippen LogP contribution in [0.4, 0.5) is 14.5 Å². The zero-order valence-corrected chi connectivity index (χ0v) is 21.9. The van der Waals surface area contributed by atoms with Crippen LogP contribution in [-0.2, 0) is 7.05 Å². The number of aryl methyl sites for hydroxylation is 1. The molecule has 0 fully saturated rings. The fourth-order valence-electron chi connectivity index (χ4n) is 4.58. The highest BCUT2D eigenvalue weighted by molar-refractivity contribution is 7.21. The molecule has 5 aromatic heterocycles.